The number of hydrogen-bond donors (Lipinski definition) is 1. The van der Waals surface area contributed by atoms with Crippen LogP contribution in [0.15, 0.2) is 18.2 Å². The Labute approximate surface area is 163 Å². The van der Waals surface area contributed by atoms with Crippen molar-refractivity contribution in [2.24, 2.45) is 23.2 Å². The van der Waals surface area contributed by atoms with Crippen LogP contribution in [0.2, 0.25) is 0 Å². The minimum Gasteiger partial charge on any atom is -0.352 e. The number of Topliss-reactive ketones (excluding diaryl/α,β-unsaturated/α-hetero) is 1. The SMILES string of the molecule is Cc1ccc(C(=O)NCC2CC2)cc1C1CCC2C(=O)C(C)(C)CCC2C1. The molecule has 1 aromatic rings. The average molecular weight is 368 g/mol. The van der Waals surface area contributed by atoms with Gasteiger partial charge in [-0.05, 0) is 92.9 Å². The molecule has 0 aliphatic heterocycles. The molecular weight excluding hydrogens is 334 g/mol. The van der Waals surface area contributed by atoms with Crippen molar-refractivity contribution in [3.05, 3.63) is 34.9 Å². The van der Waals surface area contributed by atoms with Crippen molar-refractivity contribution in [3.63, 3.8) is 0 Å². The number of ketones is 1. The van der Waals surface area contributed by atoms with Gasteiger partial charge >= 0.3 is 0 Å². The zero-order valence-corrected chi connectivity index (χ0v) is 17.0. The van der Waals surface area contributed by atoms with Crippen LogP contribution in [-0.4, -0.2) is 18.2 Å². The zero-order valence-electron chi connectivity index (χ0n) is 17.0. The van der Waals surface area contributed by atoms with Crippen LogP contribution in [0.4, 0.5) is 0 Å². The smallest absolute Gasteiger partial charge is 0.251 e. The van der Waals surface area contributed by atoms with Crippen molar-refractivity contribution in [2.75, 3.05) is 6.54 Å². The van der Waals surface area contributed by atoms with E-state index < -0.39 is 0 Å². The molecule has 0 aromatic heterocycles. The second-order valence-corrected chi connectivity index (χ2v) is 9.89. The van der Waals surface area contributed by atoms with Gasteiger partial charge in [0.15, 0.2) is 0 Å². The number of amides is 1. The van der Waals surface area contributed by atoms with Gasteiger partial charge in [-0.3, -0.25) is 9.59 Å². The van der Waals surface area contributed by atoms with Gasteiger partial charge in [0.05, 0.1) is 0 Å². The fraction of sp³-hybridized carbons (Fsp3) is 0.667. The molecule has 0 radical (unpaired) electrons. The van der Waals surface area contributed by atoms with E-state index >= 15 is 0 Å². The van der Waals surface area contributed by atoms with Crippen molar-refractivity contribution in [1.82, 2.24) is 5.32 Å². The van der Waals surface area contributed by atoms with E-state index in [1.165, 1.54) is 30.4 Å². The Hall–Kier alpha value is -1.64. The van der Waals surface area contributed by atoms with E-state index in [0.29, 0.717) is 23.5 Å². The Bertz CT molecular complexity index is 747. The molecule has 1 amide bonds. The number of hydrogen-bond acceptors (Lipinski definition) is 2. The van der Waals surface area contributed by atoms with Crippen molar-refractivity contribution in [3.8, 4) is 0 Å². The van der Waals surface area contributed by atoms with Crippen LogP contribution >= 0.6 is 0 Å². The lowest BCUT2D eigenvalue weighted by Crippen LogP contribution is -2.43. The lowest BCUT2D eigenvalue weighted by Gasteiger charge is -2.44. The van der Waals surface area contributed by atoms with Crippen LogP contribution in [0.3, 0.4) is 0 Å². The summed E-state index contributed by atoms with van der Waals surface area (Å²) in [5.74, 6) is 2.51. The summed E-state index contributed by atoms with van der Waals surface area (Å²) in [5, 5.41) is 3.09. The van der Waals surface area contributed by atoms with Crippen LogP contribution < -0.4 is 5.32 Å². The summed E-state index contributed by atoms with van der Waals surface area (Å²) in [6, 6.07) is 6.18. The maximum Gasteiger partial charge on any atom is 0.251 e. The first kappa shape index (κ1) is 18.7. The average Bonchev–Trinajstić information content (AvgIpc) is 3.48. The predicted octanol–water partition coefficient (Wildman–Crippen LogP) is 5.02. The normalized spacial score (nSPS) is 29.9. The molecule has 3 saturated carbocycles. The highest BCUT2D eigenvalue weighted by atomic mass is 16.1. The fourth-order valence-corrected chi connectivity index (χ4v) is 5.26. The molecule has 0 spiro atoms. The monoisotopic (exact) mass is 367 g/mol. The summed E-state index contributed by atoms with van der Waals surface area (Å²) in [6.45, 7) is 7.20. The molecule has 3 fully saturated rings. The lowest BCUT2D eigenvalue weighted by molar-refractivity contribution is -0.138. The third-order valence-electron chi connectivity index (χ3n) is 7.36. The van der Waals surface area contributed by atoms with Crippen LogP contribution in [0.5, 0.6) is 0 Å². The first-order valence-electron chi connectivity index (χ1n) is 10.8. The first-order valence-corrected chi connectivity index (χ1v) is 10.8. The molecule has 3 nitrogen and oxygen atoms in total. The molecule has 3 aliphatic carbocycles. The van der Waals surface area contributed by atoms with Gasteiger partial charge in [0.1, 0.15) is 5.78 Å². The summed E-state index contributed by atoms with van der Waals surface area (Å²) in [5.41, 5.74) is 3.26. The molecule has 0 saturated heterocycles. The van der Waals surface area contributed by atoms with E-state index in [-0.39, 0.29) is 17.2 Å². The third kappa shape index (κ3) is 3.83. The van der Waals surface area contributed by atoms with E-state index in [4.69, 9.17) is 0 Å². The molecule has 4 rings (SSSR count). The quantitative estimate of drug-likeness (QED) is 0.812. The number of benzene rings is 1. The van der Waals surface area contributed by atoms with Gasteiger partial charge in [-0.25, -0.2) is 0 Å². The number of fused-ring (bicyclic) bond motifs is 1. The minimum atomic E-state index is -0.135. The van der Waals surface area contributed by atoms with Gasteiger partial charge in [-0.2, -0.15) is 0 Å². The molecule has 146 valence electrons. The Morgan fingerprint density at radius 2 is 1.93 bits per heavy atom. The molecule has 3 unspecified atom stereocenters. The molecule has 0 heterocycles. The van der Waals surface area contributed by atoms with E-state index in [9.17, 15) is 9.59 Å². The van der Waals surface area contributed by atoms with Crippen LogP contribution in [-0.2, 0) is 4.79 Å². The summed E-state index contributed by atoms with van der Waals surface area (Å²) >= 11 is 0. The molecule has 3 atom stereocenters. The zero-order chi connectivity index (χ0) is 19.2. The lowest BCUT2D eigenvalue weighted by atomic mass is 9.59. The van der Waals surface area contributed by atoms with E-state index in [0.717, 1.165) is 37.8 Å². The number of carbonyl (C=O) groups is 2. The van der Waals surface area contributed by atoms with Crippen molar-refractivity contribution < 1.29 is 9.59 Å². The summed E-state index contributed by atoms with van der Waals surface area (Å²) in [7, 11) is 0. The topological polar surface area (TPSA) is 46.2 Å². The summed E-state index contributed by atoms with van der Waals surface area (Å²) in [4.78, 5) is 25.3. The van der Waals surface area contributed by atoms with Gasteiger partial charge in [-0.1, -0.05) is 19.9 Å². The number of nitrogens with one attached hydrogen (secondary N) is 1. The summed E-state index contributed by atoms with van der Waals surface area (Å²) < 4.78 is 0. The van der Waals surface area contributed by atoms with Crippen molar-refractivity contribution in [2.45, 2.75) is 71.6 Å². The molecule has 3 aliphatic rings. The minimum absolute atomic E-state index is 0.0615. The Balaban J connectivity index is 1.48. The van der Waals surface area contributed by atoms with E-state index in [2.05, 4.69) is 38.2 Å². The Morgan fingerprint density at radius 3 is 2.67 bits per heavy atom. The highest BCUT2D eigenvalue weighted by Crippen LogP contribution is 2.49. The van der Waals surface area contributed by atoms with Crippen LogP contribution in [0, 0.1) is 30.1 Å². The second kappa shape index (κ2) is 7.07. The van der Waals surface area contributed by atoms with Gasteiger partial charge in [0, 0.05) is 23.4 Å². The number of aryl methyl sites for hydroxylation is 1. The molecule has 27 heavy (non-hydrogen) atoms. The fourth-order valence-electron chi connectivity index (χ4n) is 5.26. The van der Waals surface area contributed by atoms with E-state index in [1.54, 1.807) is 0 Å². The third-order valence-corrected chi connectivity index (χ3v) is 7.36. The Kier molecular flexibility index (Phi) is 4.90. The van der Waals surface area contributed by atoms with E-state index in [1.807, 2.05) is 6.07 Å². The van der Waals surface area contributed by atoms with Gasteiger partial charge in [0.2, 0.25) is 0 Å². The molecule has 3 heteroatoms. The maximum atomic E-state index is 12.8. The first-order chi connectivity index (χ1) is 12.8. The molecule has 0 bridgehead atoms. The van der Waals surface area contributed by atoms with Gasteiger partial charge < -0.3 is 5.32 Å². The number of carbonyl (C=O) groups excluding carboxylic acids is 2. The predicted molar refractivity (Wildman–Crippen MR) is 108 cm³/mol. The standard InChI is InChI=1S/C24H33NO2/c1-15-4-7-19(23(27)25-14-16-5-6-16)13-21(15)17-8-9-20-18(12-17)10-11-24(2,3)22(20)26/h4,7,13,16-18,20H,5-6,8-12,14H2,1-3H3,(H,25,27). The van der Waals surface area contributed by atoms with Gasteiger partial charge in [-0.15, -0.1) is 0 Å². The van der Waals surface area contributed by atoms with Crippen molar-refractivity contribution >= 4 is 11.7 Å². The van der Waals surface area contributed by atoms with Gasteiger partial charge in [0.25, 0.3) is 5.91 Å². The number of rotatable bonds is 4. The summed E-state index contributed by atoms with van der Waals surface area (Å²) in [6.07, 6.45) is 7.86. The van der Waals surface area contributed by atoms with Crippen LogP contribution in [0.25, 0.3) is 0 Å². The maximum absolute atomic E-state index is 12.8. The molecule has 1 aromatic carbocycles. The largest absolute Gasteiger partial charge is 0.352 e. The Morgan fingerprint density at radius 1 is 1.15 bits per heavy atom. The molecule has 1 N–H and O–H groups in total. The van der Waals surface area contributed by atoms with Crippen LogP contribution in [0.1, 0.15) is 86.2 Å². The highest BCUT2D eigenvalue weighted by molar-refractivity contribution is 5.94. The highest BCUT2D eigenvalue weighted by Gasteiger charge is 2.45. The van der Waals surface area contributed by atoms with Crippen molar-refractivity contribution in [1.29, 1.82) is 0 Å². The second-order valence-electron chi connectivity index (χ2n) is 9.89. The molecular formula is C24H33NO2.